The fourth-order valence-corrected chi connectivity index (χ4v) is 2.74. The van der Waals surface area contributed by atoms with Gasteiger partial charge in [0, 0.05) is 24.2 Å². The Morgan fingerprint density at radius 2 is 2.04 bits per heavy atom. The molecule has 1 aliphatic heterocycles. The standard InChI is InChI=1S/C17H17F3N4O2/c1-2-14(25)21-11-5-6-12-13(9-11)22-16(26-10-17(18,19)20)23-15(12)24-7-3-4-8-24/h2,5-6,9H,1,3-4,7-8,10H2,(H,21,25). The summed E-state index contributed by atoms with van der Waals surface area (Å²) < 4.78 is 42.1. The fraction of sp³-hybridized carbons (Fsp3) is 0.353. The molecule has 0 unspecified atom stereocenters. The van der Waals surface area contributed by atoms with Crippen molar-refractivity contribution < 1.29 is 22.7 Å². The summed E-state index contributed by atoms with van der Waals surface area (Å²) in [6.07, 6.45) is -1.39. The number of carbonyl (C=O) groups is 1. The minimum Gasteiger partial charge on any atom is -0.454 e. The van der Waals surface area contributed by atoms with E-state index in [0.717, 1.165) is 32.0 Å². The molecule has 0 saturated carbocycles. The van der Waals surface area contributed by atoms with E-state index in [0.29, 0.717) is 22.4 Å². The number of fused-ring (bicyclic) bond motifs is 1. The second-order valence-electron chi connectivity index (χ2n) is 5.85. The number of halogens is 3. The lowest BCUT2D eigenvalue weighted by molar-refractivity contribution is -0.154. The molecular weight excluding hydrogens is 349 g/mol. The Hall–Kier alpha value is -2.84. The molecule has 1 N–H and O–H groups in total. The number of ether oxygens (including phenoxy) is 1. The minimum absolute atomic E-state index is 0.344. The molecule has 2 aromatic rings. The van der Waals surface area contributed by atoms with Gasteiger partial charge in [-0.05, 0) is 37.1 Å². The third kappa shape index (κ3) is 4.22. The predicted molar refractivity (Wildman–Crippen MR) is 91.4 cm³/mol. The zero-order valence-electron chi connectivity index (χ0n) is 13.8. The first-order valence-corrected chi connectivity index (χ1v) is 8.05. The van der Waals surface area contributed by atoms with Gasteiger partial charge in [-0.15, -0.1) is 0 Å². The molecule has 26 heavy (non-hydrogen) atoms. The van der Waals surface area contributed by atoms with Crippen LogP contribution < -0.4 is 15.0 Å². The Morgan fingerprint density at radius 3 is 2.69 bits per heavy atom. The van der Waals surface area contributed by atoms with Gasteiger partial charge >= 0.3 is 12.2 Å². The molecule has 138 valence electrons. The molecule has 0 aliphatic carbocycles. The number of rotatable bonds is 5. The van der Waals surface area contributed by atoms with Crippen LogP contribution in [0.15, 0.2) is 30.9 Å². The van der Waals surface area contributed by atoms with Gasteiger partial charge in [0.05, 0.1) is 5.52 Å². The molecule has 6 nitrogen and oxygen atoms in total. The fourth-order valence-electron chi connectivity index (χ4n) is 2.74. The Kier molecular flexibility index (Phi) is 4.97. The maximum atomic E-state index is 12.5. The summed E-state index contributed by atoms with van der Waals surface area (Å²) in [5, 5.41) is 3.28. The summed E-state index contributed by atoms with van der Waals surface area (Å²) in [7, 11) is 0. The number of alkyl halides is 3. The number of amides is 1. The first kappa shape index (κ1) is 18.0. The number of nitrogens with zero attached hydrogens (tertiary/aromatic N) is 3. The molecule has 1 saturated heterocycles. The van der Waals surface area contributed by atoms with Crippen LogP contribution in [-0.2, 0) is 4.79 Å². The van der Waals surface area contributed by atoms with Gasteiger partial charge in [0.2, 0.25) is 5.91 Å². The van der Waals surface area contributed by atoms with Gasteiger partial charge in [0.15, 0.2) is 6.61 Å². The average Bonchev–Trinajstić information content (AvgIpc) is 3.12. The van der Waals surface area contributed by atoms with Crippen LogP contribution in [0.2, 0.25) is 0 Å². The summed E-state index contributed by atoms with van der Waals surface area (Å²) in [6.45, 7) is 3.44. The van der Waals surface area contributed by atoms with Crippen LogP contribution in [0.5, 0.6) is 6.01 Å². The van der Waals surface area contributed by atoms with Gasteiger partial charge in [-0.25, -0.2) is 0 Å². The topological polar surface area (TPSA) is 67.4 Å². The second-order valence-corrected chi connectivity index (χ2v) is 5.85. The maximum absolute atomic E-state index is 12.5. The lowest BCUT2D eigenvalue weighted by atomic mass is 10.2. The van der Waals surface area contributed by atoms with Crippen molar-refractivity contribution in [3.8, 4) is 6.01 Å². The van der Waals surface area contributed by atoms with Crippen LogP contribution in [0.3, 0.4) is 0 Å². The van der Waals surface area contributed by atoms with Crippen LogP contribution in [0, 0.1) is 0 Å². The summed E-state index contributed by atoms with van der Waals surface area (Å²) in [6, 6.07) is 4.64. The van der Waals surface area contributed by atoms with Crippen molar-refractivity contribution >= 4 is 28.3 Å². The molecule has 0 spiro atoms. The number of benzene rings is 1. The van der Waals surface area contributed by atoms with Crippen molar-refractivity contribution in [3.63, 3.8) is 0 Å². The number of carbonyl (C=O) groups excluding carboxylic acids is 1. The van der Waals surface area contributed by atoms with Crippen LogP contribution in [0.1, 0.15) is 12.8 Å². The van der Waals surface area contributed by atoms with E-state index in [-0.39, 0.29) is 6.01 Å². The van der Waals surface area contributed by atoms with Crippen LogP contribution in [0.4, 0.5) is 24.7 Å². The molecule has 1 amide bonds. The van der Waals surface area contributed by atoms with Crippen molar-refractivity contribution in [1.29, 1.82) is 0 Å². The second kappa shape index (κ2) is 7.19. The first-order valence-electron chi connectivity index (χ1n) is 8.05. The molecule has 0 bridgehead atoms. The Morgan fingerprint density at radius 1 is 1.31 bits per heavy atom. The van der Waals surface area contributed by atoms with E-state index in [2.05, 4.69) is 21.9 Å². The monoisotopic (exact) mass is 366 g/mol. The molecule has 9 heteroatoms. The van der Waals surface area contributed by atoms with E-state index in [4.69, 9.17) is 4.74 Å². The average molecular weight is 366 g/mol. The smallest absolute Gasteiger partial charge is 0.422 e. The third-order valence-electron chi connectivity index (χ3n) is 3.88. The lowest BCUT2D eigenvalue weighted by Crippen LogP contribution is -2.22. The summed E-state index contributed by atoms with van der Waals surface area (Å²) in [5.41, 5.74) is 0.844. The van der Waals surface area contributed by atoms with E-state index < -0.39 is 18.7 Å². The Labute approximate surface area is 147 Å². The number of anilines is 2. The highest BCUT2D eigenvalue weighted by atomic mass is 19.4. The SMILES string of the molecule is C=CC(=O)Nc1ccc2c(N3CCCC3)nc(OCC(F)(F)F)nc2c1. The van der Waals surface area contributed by atoms with Gasteiger partial charge in [-0.2, -0.15) is 23.1 Å². The van der Waals surface area contributed by atoms with E-state index in [1.54, 1.807) is 18.2 Å². The van der Waals surface area contributed by atoms with E-state index in [1.807, 2.05) is 4.90 Å². The number of nitrogens with one attached hydrogen (secondary N) is 1. The minimum atomic E-state index is -4.48. The largest absolute Gasteiger partial charge is 0.454 e. The molecule has 1 aliphatic rings. The molecule has 0 atom stereocenters. The van der Waals surface area contributed by atoms with Crippen molar-refractivity contribution in [2.45, 2.75) is 19.0 Å². The molecule has 2 heterocycles. The number of hydrogen-bond donors (Lipinski definition) is 1. The summed E-state index contributed by atoms with van der Waals surface area (Å²) >= 11 is 0. The van der Waals surface area contributed by atoms with Crippen molar-refractivity contribution in [3.05, 3.63) is 30.9 Å². The van der Waals surface area contributed by atoms with Gasteiger partial charge in [0.1, 0.15) is 5.82 Å². The zero-order chi connectivity index (χ0) is 18.7. The summed E-state index contributed by atoms with van der Waals surface area (Å²) in [4.78, 5) is 21.7. The summed E-state index contributed by atoms with van der Waals surface area (Å²) in [5.74, 6) is 0.137. The van der Waals surface area contributed by atoms with E-state index >= 15 is 0 Å². The van der Waals surface area contributed by atoms with Crippen LogP contribution >= 0.6 is 0 Å². The van der Waals surface area contributed by atoms with E-state index in [1.165, 1.54) is 0 Å². The molecular formula is C17H17F3N4O2. The van der Waals surface area contributed by atoms with Gasteiger partial charge in [0.25, 0.3) is 0 Å². The van der Waals surface area contributed by atoms with Gasteiger partial charge in [-0.1, -0.05) is 6.58 Å². The Bertz CT molecular complexity index is 833. The molecule has 3 rings (SSSR count). The van der Waals surface area contributed by atoms with Gasteiger partial charge in [-0.3, -0.25) is 4.79 Å². The highest BCUT2D eigenvalue weighted by Gasteiger charge is 2.29. The lowest BCUT2D eigenvalue weighted by Gasteiger charge is -2.19. The quantitative estimate of drug-likeness (QED) is 0.823. The zero-order valence-corrected chi connectivity index (χ0v) is 13.8. The van der Waals surface area contributed by atoms with Crippen molar-refractivity contribution in [2.24, 2.45) is 0 Å². The van der Waals surface area contributed by atoms with Gasteiger partial charge < -0.3 is 15.0 Å². The molecule has 1 aromatic heterocycles. The first-order chi connectivity index (χ1) is 12.4. The number of aromatic nitrogens is 2. The predicted octanol–water partition coefficient (Wildman–Crippen LogP) is 3.30. The van der Waals surface area contributed by atoms with Crippen LogP contribution in [-0.4, -0.2) is 41.7 Å². The molecule has 0 radical (unpaired) electrons. The van der Waals surface area contributed by atoms with Crippen molar-refractivity contribution in [1.82, 2.24) is 9.97 Å². The maximum Gasteiger partial charge on any atom is 0.422 e. The number of hydrogen-bond acceptors (Lipinski definition) is 5. The third-order valence-corrected chi connectivity index (χ3v) is 3.88. The van der Waals surface area contributed by atoms with Crippen molar-refractivity contribution in [2.75, 3.05) is 29.9 Å². The highest BCUT2D eigenvalue weighted by molar-refractivity contribution is 6.01. The molecule has 1 fully saturated rings. The highest BCUT2D eigenvalue weighted by Crippen LogP contribution is 2.31. The molecule has 1 aromatic carbocycles. The van der Waals surface area contributed by atoms with Crippen LogP contribution in [0.25, 0.3) is 10.9 Å². The van der Waals surface area contributed by atoms with E-state index in [9.17, 15) is 18.0 Å². The normalized spacial score (nSPS) is 14.5. The Balaban J connectivity index is 2.01.